The Hall–Kier alpha value is -0.470. The lowest BCUT2D eigenvalue weighted by Crippen LogP contribution is -2.42. The molecule has 7 heteroatoms. The zero-order valence-electron chi connectivity index (χ0n) is 11.3. The van der Waals surface area contributed by atoms with E-state index in [-0.39, 0.29) is 6.10 Å². The van der Waals surface area contributed by atoms with Crippen LogP contribution in [0, 0.1) is 0 Å². The molecule has 0 aromatic carbocycles. The number of methoxy groups -OCH3 is 1. The van der Waals surface area contributed by atoms with E-state index in [2.05, 4.69) is 5.32 Å². The van der Waals surface area contributed by atoms with Crippen LogP contribution in [0.2, 0.25) is 0 Å². The summed E-state index contributed by atoms with van der Waals surface area (Å²) in [6, 6.07) is 3.56. The monoisotopic (exact) mass is 304 g/mol. The Balaban J connectivity index is 2.16. The van der Waals surface area contributed by atoms with Crippen LogP contribution >= 0.6 is 11.3 Å². The summed E-state index contributed by atoms with van der Waals surface area (Å²) in [5.74, 6) is 0. The number of rotatable bonds is 5. The highest BCUT2D eigenvalue weighted by molar-refractivity contribution is 7.91. The van der Waals surface area contributed by atoms with Crippen molar-refractivity contribution in [2.75, 3.05) is 27.2 Å². The number of piperidine rings is 1. The fourth-order valence-corrected chi connectivity index (χ4v) is 5.24. The van der Waals surface area contributed by atoms with Gasteiger partial charge in [0.15, 0.2) is 0 Å². The number of ether oxygens (including phenoxy) is 1. The van der Waals surface area contributed by atoms with E-state index in [0.717, 1.165) is 17.7 Å². The molecule has 1 saturated heterocycles. The molecule has 1 unspecified atom stereocenters. The predicted molar refractivity (Wildman–Crippen MR) is 75.9 cm³/mol. The fraction of sp³-hybridized carbons (Fsp3) is 0.667. The number of nitrogens with zero attached hydrogens (tertiary/aromatic N) is 1. The molecule has 0 amide bonds. The van der Waals surface area contributed by atoms with E-state index in [0.29, 0.717) is 23.8 Å². The first-order valence-electron chi connectivity index (χ1n) is 6.34. The molecule has 0 radical (unpaired) electrons. The van der Waals surface area contributed by atoms with Crippen LogP contribution in [-0.2, 0) is 21.3 Å². The van der Waals surface area contributed by atoms with Gasteiger partial charge >= 0.3 is 0 Å². The zero-order valence-corrected chi connectivity index (χ0v) is 12.9. The Morgan fingerprint density at radius 3 is 3.00 bits per heavy atom. The Morgan fingerprint density at radius 1 is 1.53 bits per heavy atom. The molecule has 0 spiro atoms. The lowest BCUT2D eigenvalue weighted by Gasteiger charge is -2.30. The third kappa shape index (κ3) is 3.35. The molecule has 1 fully saturated rings. The van der Waals surface area contributed by atoms with E-state index in [9.17, 15) is 8.42 Å². The van der Waals surface area contributed by atoms with E-state index in [1.54, 1.807) is 17.5 Å². The first-order valence-corrected chi connectivity index (χ1v) is 8.60. The molecule has 0 aliphatic carbocycles. The summed E-state index contributed by atoms with van der Waals surface area (Å²) < 4.78 is 32.3. The third-order valence-electron chi connectivity index (χ3n) is 3.26. The van der Waals surface area contributed by atoms with Gasteiger partial charge in [-0.1, -0.05) is 0 Å². The Kier molecular flexibility index (Phi) is 4.97. The van der Waals surface area contributed by atoms with Gasteiger partial charge in [0.2, 0.25) is 0 Å². The maximum absolute atomic E-state index is 12.5. The van der Waals surface area contributed by atoms with Crippen LogP contribution in [0.4, 0.5) is 0 Å². The number of sulfonamides is 1. The van der Waals surface area contributed by atoms with Crippen molar-refractivity contribution in [2.45, 2.75) is 29.7 Å². The highest BCUT2D eigenvalue weighted by Crippen LogP contribution is 2.27. The van der Waals surface area contributed by atoms with Gasteiger partial charge in [-0.25, -0.2) is 8.42 Å². The molecule has 1 aliphatic rings. The van der Waals surface area contributed by atoms with Gasteiger partial charge in [0.05, 0.1) is 6.10 Å². The fourth-order valence-electron chi connectivity index (χ4n) is 2.21. The molecular formula is C12H20N2O3S2. The van der Waals surface area contributed by atoms with Crippen LogP contribution < -0.4 is 5.32 Å². The van der Waals surface area contributed by atoms with Crippen molar-refractivity contribution in [2.24, 2.45) is 0 Å². The smallest absolute Gasteiger partial charge is 0.252 e. The standard InChI is InChI=1S/C12H20N2O3S2/c1-13-8-11-5-6-12(18-11)19(15,16)14-7-3-4-10(9-14)17-2/h5-6,10,13H,3-4,7-9H2,1-2H3. The van der Waals surface area contributed by atoms with Crippen molar-refractivity contribution in [1.29, 1.82) is 0 Å². The molecule has 1 aromatic heterocycles. The SMILES string of the molecule is CNCc1ccc(S(=O)(=O)N2CCCC(OC)C2)s1. The first-order chi connectivity index (χ1) is 9.07. The van der Waals surface area contributed by atoms with Crippen molar-refractivity contribution >= 4 is 21.4 Å². The van der Waals surface area contributed by atoms with Crippen LogP contribution in [0.25, 0.3) is 0 Å². The summed E-state index contributed by atoms with van der Waals surface area (Å²) in [5.41, 5.74) is 0. The van der Waals surface area contributed by atoms with E-state index in [1.165, 1.54) is 11.3 Å². The summed E-state index contributed by atoms with van der Waals surface area (Å²) in [4.78, 5) is 1.03. The van der Waals surface area contributed by atoms with Crippen LogP contribution in [0.1, 0.15) is 17.7 Å². The second kappa shape index (κ2) is 6.32. The molecule has 108 valence electrons. The van der Waals surface area contributed by atoms with Crippen LogP contribution in [-0.4, -0.2) is 46.1 Å². The molecule has 5 nitrogen and oxygen atoms in total. The van der Waals surface area contributed by atoms with Crippen LogP contribution in [0.15, 0.2) is 16.3 Å². The van der Waals surface area contributed by atoms with E-state index in [4.69, 9.17) is 4.74 Å². The Bertz CT molecular complexity index is 513. The minimum atomic E-state index is -3.36. The minimum Gasteiger partial charge on any atom is -0.380 e. The summed E-state index contributed by atoms with van der Waals surface area (Å²) in [6.45, 7) is 1.74. The molecule has 0 bridgehead atoms. The molecule has 1 atom stereocenters. The van der Waals surface area contributed by atoms with Gasteiger partial charge in [-0.05, 0) is 32.0 Å². The first kappa shape index (κ1) is 14.9. The molecular weight excluding hydrogens is 284 g/mol. The predicted octanol–water partition coefficient (Wildman–Crippen LogP) is 1.27. The van der Waals surface area contributed by atoms with Crippen molar-refractivity contribution < 1.29 is 13.2 Å². The minimum absolute atomic E-state index is 0.0141. The van der Waals surface area contributed by atoms with Gasteiger partial charge in [-0.3, -0.25) is 0 Å². The molecule has 2 rings (SSSR count). The quantitative estimate of drug-likeness (QED) is 0.890. The highest BCUT2D eigenvalue weighted by Gasteiger charge is 2.31. The average Bonchev–Trinajstić information content (AvgIpc) is 2.88. The lowest BCUT2D eigenvalue weighted by molar-refractivity contribution is 0.0572. The summed E-state index contributed by atoms with van der Waals surface area (Å²) in [7, 11) is 0.126. The van der Waals surface area contributed by atoms with Crippen LogP contribution in [0.5, 0.6) is 0 Å². The van der Waals surface area contributed by atoms with Gasteiger partial charge in [0.25, 0.3) is 10.0 Å². The maximum Gasteiger partial charge on any atom is 0.252 e. The Labute approximate surface area is 118 Å². The largest absolute Gasteiger partial charge is 0.380 e. The van der Waals surface area contributed by atoms with Gasteiger partial charge in [-0.2, -0.15) is 4.31 Å². The number of nitrogens with one attached hydrogen (secondary N) is 1. The summed E-state index contributed by atoms with van der Waals surface area (Å²) in [6.07, 6.45) is 1.80. The maximum atomic E-state index is 12.5. The van der Waals surface area contributed by atoms with Crippen molar-refractivity contribution in [3.05, 3.63) is 17.0 Å². The topological polar surface area (TPSA) is 58.6 Å². The van der Waals surface area contributed by atoms with Gasteiger partial charge in [0, 0.05) is 31.6 Å². The van der Waals surface area contributed by atoms with Gasteiger partial charge < -0.3 is 10.1 Å². The summed E-state index contributed by atoms with van der Waals surface area (Å²) in [5, 5.41) is 3.03. The average molecular weight is 304 g/mol. The Morgan fingerprint density at radius 2 is 2.32 bits per heavy atom. The second-order valence-corrected chi connectivity index (χ2v) is 7.95. The molecule has 1 aliphatic heterocycles. The molecule has 1 aromatic rings. The third-order valence-corrected chi connectivity index (χ3v) is 6.67. The van der Waals surface area contributed by atoms with Gasteiger partial charge in [-0.15, -0.1) is 11.3 Å². The van der Waals surface area contributed by atoms with Gasteiger partial charge in [0.1, 0.15) is 4.21 Å². The van der Waals surface area contributed by atoms with Crippen molar-refractivity contribution in [3.63, 3.8) is 0 Å². The molecule has 0 saturated carbocycles. The number of thiophene rings is 1. The second-order valence-electron chi connectivity index (χ2n) is 4.61. The van der Waals surface area contributed by atoms with E-state index >= 15 is 0 Å². The summed E-state index contributed by atoms with van der Waals surface area (Å²) >= 11 is 1.33. The zero-order chi connectivity index (χ0) is 13.9. The normalized spacial score (nSPS) is 21.7. The van der Waals surface area contributed by atoms with Crippen molar-refractivity contribution in [1.82, 2.24) is 9.62 Å². The highest BCUT2D eigenvalue weighted by atomic mass is 32.2. The molecule has 2 heterocycles. The van der Waals surface area contributed by atoms with Crippen LogP contribution in [0.3, 0.4) is 0 Å². The number of hydrogen-bond donors (Lipinski definition) is 1. The van der Waals surface area contributed by atoms with E-state index < -0.39 is 10.0 Å². The lowest BCUT2D eigenvalue weighted by atomic mass is 10.1. The molecule has 1 N–H and O–H groups in total. The van der Waals surface area contributed by atoms with E-state index in [1.807, 2.05) is 13.1 Å². The number of hydrogen-bond acceptors (Lipinski definition) is 5. The molecule has 19 heavy (non-hydrogen) atoms. The van der Waals surface area contributed by atoms with Crippen molar-refractivity contribution in [3.8, 4) is 0 Å².